The highest BCUT2D eigenvalue weighted by Crippen LogP contribution is 2.51. The average molecular weight is 312 g/mol. The quantitative estimate of drug-likeness (QED) is 0.820. The summed E-state index contributed by atoms with van der Waals surface area (Å²) in [5, 5.41) is 3.28. The summed E-state index contributed by atoms with van der Waals surface area (Å²) in [5.41, 5.74) is 6.09. The minimum absolute atomic E-state index is 0.245. The lowest BCUT2D eigenvalue weighted by Crippen LogP contribution is -2.36. The van der Waals surface area contributed by atoms with E-state index in [0.717, 1.165) is 11.5 Å². The van der Waals surface area contributed by atoms with E-state index in [1.807, 2.05) is 12.3 Å². The molecular weight excluding hydrogens is 295 g/mol. The maximum absolute atomic E-state index is 13.7. The first-order valence-corrected chi connectivity index (χ1v) is 8.55. The largest absolute Gasteiger partial charge is 0.376 e. The molecule has 3 N–H and O–H groups in total. The third-order valence-electron chi connectivity index (χ3n) is 3.01. The summed E-state index contributed by atoms with van der Waals surface area (Å²) in [4.78, 5) is 8.46. The van der Waals surface area contributed by atoms with E-state index in [1.54, 1.807) is 18.5 Å². The number of rotatable bonds is 5. The number of pyridine rings is 1. The zero-order valence-corrected chi connectivity index (χ0v) is 12.8. The van der Waals surface area contributed by atoms with Gasteiger partial charge in [0, 0.05) is 24.6 Å². The van der Waals surface area contributed by atoms with Gasteiger partial charge in [0.05, 0.1) is 10.7 Å². The van der Waals surface area contributed by atoms with E-state index in [0.29, 0.717) is 17.9 Å². The molecule has 1 aliphatic heterocycles. The maximum atomic E-state index is 13.7. The molecule has 4 nitrogen and oxygen atoms in total. The number of nitrogens with two attached hydrogens (primary N) is 1. The van der Waals surface area contributed by atoms with Gasteiger partial charge in [-0.2, -0.15) is 0 Å². The number of aromatic nitrogens is 1. The molecule has 1 aliphatic rings. The van der Waals surface area contributed by atoms with E-state index in [9.17, 15) is 4.39 Å². The molecule has 7 heteroatoms. The van der Waals surface area contributed by atoms with Crippen LogP contribution in [-0.4, -0.2) is 20.9 Å². The van der Waals surface area contributed by atoms with Crippen LogP contribution in [-0.2, 0) is 6.42 Å². The van der Waals surface area contributed by atoms with Crippen molar-refractivity contribution in [3.63, 3.8) is 0 Å². The first-order chi connectivity index (χ1) is 9.57. The minimum atomic E-state index is -1.52. The minimum Gasteiger partial charge on any atom is -0.376 e. The molecule has 0 aliphatic carbocycles. The van der Waals surface area contributed by atoms with Gasteiger partial charge < -0.3 is 10.5 Å². The van der Waals surface area contributed by atoms with E-state index < -0.39 is 10.2 Å². The fraction of sp³-hybridized carbons (Fsp3) is 0.308. The highest BCUT2D eigenvalue weighted by molar-refractivity contribution is 8.46. The van der Waals surface area contributed by atoms with Gasteiger partial charge in [-0.15, -0.1) is 10.2 Å². The van der Waals surface area contributed by atoms with Gasteiger partial charge in [0.25, 0.3) is 0 Å². The van der Waals surface area contributed by atoms with Crippen LogP contribution in [0.4, 0.5) is 4.39 Å². The molecule has 20 heavy (non-hydrogen) atoms. The van der Waals surface area contributed by atoms with Crippen molar-refractivity contribution < 1.29 is 4.39 Å². The molecule has 0 amide bonds. The standard InChI is InChI=1S/C13H17FN4S2/c1-2-12-17-7-9-20(12,18-13(15)19)8-5-11-10(14)4-3-6-16-11/h3-4,6-7,9H,2,5,8H2,1H3,(H3,15,18,19). The Kier molecular flexibility index (Phi) is 4.72. The number of aliphatic imine (C=N–C) groups is 1. The van der Waals surface area contributed by atoms with Crippen molar-refractivity contribution in [1.82, 2.24) is 9.71 Å². The molecule has 1 atom stereocenters. The second-order valence-corrected chi connectivity index (χ2v) is 7.69. The smallest absolute Gasteiger partial charge is 0.173 e. The molecule has 2 heterocycles. The third-order valence-corrected chi connectivity index (χ3v) is 6.50. The fourth-order valence-corrected chi connectivity index (χ4v) is 5.28. The Morgan fingerprint density at radius 3 is 3.00 bits per heavy atom. The van der Waals surface area contributed by atoms with Gasteiger partial charge in [-0.1, -0.05) is 6.92 Å². The Balaban J connectivity index is 2.18. The molecule has 0 radical (unpaired) electrons. The van der Waals surface area contributed by atoms with Gasteiger partial charge in [0.1, 0.15) is 5.82 Å². The van der Waals surface area contributed by atoms with Crippen LogP contribution in [0.1, 0.15) is 19.0 Å². The first-order valence-electron chi connectivity index (χ1n) is 6.28. The van der Waals surface area contributed by atoms with Crippen LogP contribution in [0.2, 0.25) is 0 Å². The Morgan fingerprint density at radius 1 is 1.55 bits per heavy atom. The number of halogens is 1. The van der Waals surface area contributed by atoms with E-state index >= 15 is 0 Å². The molecule has 0 aromatic carbocycles. The van der Waals surface area contributed by atoms with Crippen LogP contribution >= 0.6 is 22.4 Å². The third kappa shape index (κ3) is 3.16. The molecule has 1 unspecified atom stereocenters. The monoisotopic (exact) mass is 312 g/mol. The number of hydrogen-bond acceptors (Lipinski definition) is 3. The fourth-order valence-electron chi connectivity index (χ4n) is 2.11. The molecule has 0 spiro atoms. The summed E-state index contributed by atoms with van der Waals surface area (Å²) in [6, 6.07) is 3.01. The van der Waals surface area contributed by atoms with E-state index in [-0.39, 0.29) is 10.9 Å². The second-order valence-electron chi connectivity index (χ2n) is 4.31. The number of aryl methyl sites for hydroxylation is 1. The molecule has 0 fully saturated rings. The van der Waals surface area contributed by atoms with Crippen molar-refractivity contribution in [3.05, 3.63) is 41.4 Å². The molecule has 2 rings (SSSR count). The lowest BCUT2D eigenvalue weighted by atomic mass is 10.3. The summed E-state index contributed by atoms with van der Waals surface area (Å²) < 4.78 is 16.8. The predicted octanol–water partition coefficient (Wildman–Crippen LogP) is 2.61. The van der Waals surface area contributed by atoms with E-state index in [4.69, 9.17) is 18.0 Å². The van der Waals surface area contributed by atoms with Gasteiger partial charge in [-0.3, -0.25) is 9.98 Å². The van der Waals surface area contributed by atoms with Gasteiger partial charge >= 0.3 is 0 Å². The van der Waals surface area contributed by atoms with Crippen LogP contribution in [0.5, 0.6) is 0 Å². The van der Waals surface area contributed by atoms with Crippen molar-refractivity contribution >= 4 is 32.6 Å². The second kappa shape index (κ2) is 6.32. The molecule has 0 saturated heterocycles. The highest BCUT2D eigenvalue weighted by Gasteiger charge is 2.30. The summed E-state index contributed by atoms with van der Waals surface area (Å²) in [5.74, 6) is 0.399. The number of hydrogen-bond donors (Lipinski definition) is 2. The van der Waals surface area contributed by atoms with Crippen molar-refractivity contribution in [3.8, 4) is 0 Å². The zero-order valence-electron chi connectivity index (χ0n) is 11.2. The topological polar surface area (TPSA) is 63.3 Å². The molecule has 1 aromatic heterocycles. The average Bonchev–Trinajstić information content (AvgIpc) is 2.80. The van der Waals surface area contributed by atoms with Crippen LogP contribution in [0, 0.1) is 5.82 Å². The molecule has 1 aromatic rings. The summed E-state index contributed by atoms with van der Waals surface area (Å²) in [6.45, 7) is 2.04. The van der Waals surface area contributed by atoms with Gasteiger partial charge in [-0.25, -0.2) is 4.39 Å². The van der Waals surface area contributed by atoms with E-state index in [1.165, 1.54) is 6.07 Å². The molecule has 108 valence electrons. The van der Waals surface area contributed by atoms with Crippen molar-refractivity contribution in [2.24, 2.45) is 10.7 Å². The predicted molar refractivity (Wildman–Crippen MR) is 87.1 cm³/mol. The Hall–Kier alpha value is -1.47. The van der Waals surface area contributed by atoms with Crippen LogP contribution < -0.4 is 10.5 Å². The Bertz CT molecular complexity index is 573. The summed E-state index contributed by atoms with van der Waals surface area (Å²) in [7, 11) is -1.52. The first kappa shape index (κ1) is 14.9. The molecular formula is C13H17FN4S2. The van der Waals surface area contributed by atoms with Crippen molar-refractivity contribution in [2.45, 2.75) is 19.8 Å². The van der Waals surface area contributed by atoms with Crippen molar-refractivity contribution in [1.29, 1.82) is 0 Å². The number of nitrogens with one attached hydrogen (secondary N) is 1. The molecule has 0 bridgehead atoms. The number of nitrogens with zero attached hydrogens (tertiary/aromatic N) is 2. The SMILES string of the molecule is CCC1=NC=CS1(CCc1ncccc1F)NC(N)=S. The van der Waals surface area contributed by atoms with Gasteiger partial charge in [0.15, 0.2) is 5.11 Å². The van der Waals surface area contributed by atoms with Crippen molar-refractivity contribution in [2.75, 3.05) is 5.75 Å². The summed E-state index contributed by atoms with van der Waals surface area (Å²) >= 11 is 4.97. The number of thiocarbonyl (C=S) groups is 1. The van der Waals surface area contributed by atoms with Gasteiger partial charge in [-0.05, 0) is 36.2 Å². The Labute approximate surface area is 124 Å². The van der Waals surface area contributed by atoms with Crippen LogP contribution in [0.25, 0.3) is 0 Å². The normalized spacial score (nSPS) is 24.0. The van der Waals surface area contributed by atoms with Crippen LogP contribution in [0.3, 0.4) is 0 Å². The Morgan fingerprint density at radius 2 is 2.35 bits per heavy atom. The zero-order chi connectivity index (χ0) is 14.6. The molecule has 0 saturated carbocycles. The van der Waals surface area contributed by atoms with Crippen LogP contribution in [0.15, 0.2) is 34.9 Å². The summed E-state index contributed by atoms with van der Waals surface area (Å²) in [6.07, 6.45) is 4.69. The lowest BCUT2D eigenvalue weighted by Gasteiger charge is -2.36. The lowest BCUT2D eigenvalue weighted by molar-refractivity contribution is 0.602. The van der Waals surface area contributed by atoms with E-state index in [2.05, 4.69) is 14.7 Å². The van der Waals surface area contributed by atoms with Gasteiger partial charge in [0.2, 0.25) is 0 Å². The maximum Gasteiger partial charge on any atom is 0.173 e. The highest BCUT2D eigenvalue weighted by atomic mass is 32.3.